The second-order valence-corrected chi connectivity index (χ2v) is 3.28. The zero-order valence-electron chi connectivity index (χ0n) is 10.9. The number of methoxy groups -OCH3 is 4. The maximum absolute atomic E-state index is 11.1. The molecule has 0 aliphatic heterocycles. The van der Waals surface area contributed by atoms with Crippen LogP contribution >= 0.6 is 0 Å². The largest absolute Gasteiger partial charge is 0.493 e. The third-order valence-electron chi connectivity index (χ3n) is 2.33. The Morgan fingerprint density at radius 2 is 1.67 bits per heavy atom. The lowest BCUT2D eigenvalue weighted by Gasteiger charge is -2.13. The molecule has 0 bridgehead atoms. The van der Waals surface area contributed by atoms with Crippen LogP contribution in [0, 0.1) is 0 Å². The van der Waals surface area contributed by atoms with E-state index in [1.165, 1.54) is 27.4 Å². The van der Waals surface area contributed by atoms with E-state index in [-0.39, 0.29) is 0 Å². The molecule has 0 radical (unpaired) electrons. The van der Waals surface area contributed by atoms with Crippen molar-refractivity contribution in [2.45, 2.75) is 0 Å². The van der Waals surface area contributed by atoms with E-state index in [2.05, 4.69) is 4.74 Å². The molecule has 0 saturated carbocycles. The van der Waals surface area contributed by atoms with Gasteiger partial charge in [-0.25, -0.2) is 4.79 Å². The number of benzene rings is 1. The standard InChI is InChI=1S/C13H16O5/c1-15-10-7-5-9(6-8-11(14)16-2)12(17-3)13(10)18-4/h5-8H,1-4H3/b8-6+. The third kappa shape index (κ3) is 2.94. The molecule has 0 spiro atoms. The van der Waals surface area contributed by atoms with Gasteiger partial charge < -0.3 is 18.9 Å². The molecule has 0 unspecified atom stereocenters. The van der Waals surface area contributed by atoms with Crippen LogP contribution in [0.1, 0.15) is 5.56 Å². The van der Waals surface area contributed by atoms with Crippen LogP contribution in [0.15, 0.2) is 18.2 Å². The van der Waals surface area contributed by atoms with Gasteiger partial charge in [0.15, 0.2) is 11.5 Å². The van der Waals surface area contributed by atoms with E-state index >= 15 is 0 Å². The molecule has 0 fully saturated rings. The number of hydrogen-bond acceptors (Lipinski definition) is 5. The number of carbonyl (C=O) groups is 1. The summed E-state index contributed by atoms with van der Waals surface area (Å²) in [6, 6.07) is 3.50. The molecule has 98 valence electrons. The first-order valence-corrected chi connectivity index (χ1v) is 5.22. The second-order valence-electron chi connectivity index (χ2n) is 3.28. The fourth-order valence-corrected chi connectivity index (χ4v) is 1.48. The minimum Gasteiger partial charge on any atom is -0.493 e. The van der Waals surface area contributed by atoms with Gasteiger partial charge in [0.1, 0.15) is 0 Å². The van der Waals surface area contributed by atoms with Gasteiger partial charge in [0.25, 0.3) is 0 Å². The molecule has 0 aromatic heterocycles. The molecule has 1 aromatic rings. The minimum absolute atomic E-state index is 0.438. The normalized spacial score (nSPS) is 10.2. The van der Waals surface area contributed by atoms with Crippen LogP contribution in [0.5, 0.6) is 17.2 Å². The summed E-state index contributed by atoms with van der Waals surface area (Å²) in [6.07, 6.45) is 2.90. The van der Waals surface area contributed by atoms with Crippen LogP contribution in [0.4, 0.5) is 0 Å². The van der Waals surface area contributed by atoms with Crippen LogP contribution in [-0.4, -0.2) is 34.4 Å². The molecule has 1 rings (SSSR count). The number of ether oxygens (including phenoxy) is 4. The van der Waals surface area contributed by atoms with Crippen LogP contribution in [-0.2, 0) is 9.53 Å². The first kappa shape index (κ1) is 13.9. The van der Waals surface area contributed by atoms with Crippen LogP contribution in [0.2, 0.25) is 0 Å². The van der Waals surface area contributed by atoms with Gasteiger partial charge in [-0.05, 0) is 18.2 Å². The summed E-state index contributed by atoms with van der Waals surface area (Å²) in [7, 11) is 5.90. The average molecular weight is 252 g/mol. The molecule has 0 aliphatic carbocycles. The number of rotatable bonds is 5. The SMILES string of the molecule is COC(=O)/C=C/c1ccc(OC)c(OC)c1OC. The summed E-state index contributed by atoms with van der Waals surface area (Å²) < 4.78 is 20.2. The van der Waals surface area contributed by atoms with Gasteiger partial charge in [0, 0.05) is 11.6 Å². The molecule has 0 N–H and O–H groups in total. The zero-order valence-corrected chi connectivity index (χ0v) is 10.9. The Kier molecular flexibility index (Phi) is 5.05. The van der Waals surface area contributed by atoms with Gasteiger partial charge in [0.05, 0.1) is 28.4 Å². The highest BCUT2D eigenvalue weighted by Crippen LogP contribution is 2.40. The van der Waals surface area contributed by atoms with E-state index in [1.807, 2.05) is 0 Å². The Bertz CT molecular complexity index is 451. The Morgan fingerprint density at radius 3 is 2.17 bits per heavy atom. The third-order valence-corrected chi connectivity index (χ3v) is 2.33. The molecule has 0 aliphatic rings. The smallest absolute Gasteiger partial charge is 0.330 e. The van der Waals surface area contributed by atoms with E-state index in [1.54, 1.807) is 25.3 Å². The van der Waals surface area contributed by atoms with Crippen LogP contribution in [0.3, 0.4) is 0 Å². The molecular formula is C13H16O5. The molecule has 0 saturated heterocycles. The first-order valence-electron chi connectivity index (χ1n) is 5.22. The van der Waals surface area contributed by atoms with Gasteiger partial charge in [-0.15, -0.1) is 0 Å². The average Bonchev–Trinajstić information content (AvgIpc) is 2.43. The van der Waals surface area contributed by atoms with Crippen molar-refractivity contribution < 1.29 is 23.7 Å². The van der Waals surface area contributed by atoms with Crippen molar-refractivity contribution >= 4 is 12.0 Å². The highest BCUT2D eigenvalue weighted by Gasteiger charge is 2.14. The fraction of sp³-hybridized carbons (Fsp3) is 0.308. The predicted octanol–water partition coefficient (Wildman–Crippen LogP) is 1.90. The molecule has 18 heavy (non-hydrogen) atoms. The van der Waals surface area contributed by atoms with Crippen molar-refractivity contribution in [1.29, 1.82) is 0 Å². The Hall–Kier alpha value is -2.17. The van der Waals surface area contributed by atoms with Crippen molar-refractivity contribution in [3.63, 3.8) is 0 Å². The lowest BCUT2D eigenvalue weighted by Crippen LogP contribution is -1.97. The summed E-state index contributed by atoms with van der Waals surface area (Å²) in [5.41, 5.74) is 0.695. The maximum atomic E-state index is 11.1. The van der Waals surface area contributed by atoms with Crippen LogP contribution < -0.4 is 14.2 Å². The Balaban J connectivity index is 3.20. The van der Waals surface area contributed by atoms with Gasteiger partial charge in [-0.3, -0.25) is 0 Å². The van der Waals surface area contributed by atoms with E-state index in [4.69, 9.17) is 14.2 Å². The van der Waals surface area contributed by atoms with E-state index in [0.717, 1.165) is 0 Å². The highest BCUT2D eigenvalue weighted by atomic mass is 16.5. The van der Waals surface area contributed by atoms with E-state index in [9.17, 15) is 4.79 Å². The van der Waals surface area contributed by atoms with E-state index in [0.29, 0.717) is 22.8 Å². The molecule has 1 aromatic carbocycles. The molecule has 5 nitrogen and oxygen atoms in total. The number of hydrogen-bond donors (Lipinski definition) is 0. The molecular weight excluding hydrogens is 236 g/mol. The topological polar surface area (TPSA) is 54.0 Å². The quantitative estimate of drug-likeness (QED) is 0.591. The number of esters is 1. The van der Waals surface area contributed by atoms with Crippen molar-refractivity contribution in [1.82, 2.24) is 0 Å². The summed E-state index contributed by atoms with van der Waals surface area (Å²) in [6.45, 7) is 0. The number of carbonyl (C=O) groups excluding carboxylic acids is 1. The van der Waals surface area contributed by atoms with Crippen molar-refractivity contribution in [3.8, 4) is 17.2 Å². The fourth-order valence-electron chi connectivity index (χ4n) is 1.48. The molecule has 0 atom stereocenters. The lowest BCUT2D eigenvalue weighted by atomic mass is 10.1. The van der Waals surface area contributed by atoms with Gasteiger partial charge >= 0.3 is 5.97 Å². The minimum atomic E-state index is -0.438. The van der Waals surface area contributed by atoms with Crippen molar-refractivity contribution in [2.75, 3.05) is 28.4 Å². The summed E-state index contributed by atoms with van der Waals surface area (Å²) in [5.74, 6) is 1.10. The van der Waals surface area contributed by atoms with Gasteiger partial charge in [-0.2, -0.15) is 0 Å². The lowest BCUT2D eigenvalue weighted by molar-refractivity contribution is -0.134. The molecule has 0 amide bonds. The van der Waals surface area contributed by atoms with Crippen molar-refractivity contribution in [2.24, 2.45) is 0 Å². The van der Waals surface area contributed by atoms with Gasteiger partial charge in [-0.1, -0.05) is 0 Å². The van der Waals surface area contributed by atoms with E-state index < -0.39 is 5.97 Å². The second kappa shape index (κ2) is 6.54. The highest BCUT2D eigenvalue weighted by molar-refractivity contribution is 5.88. The Labute approximate surface area is 106 Å². The van der Waals surface area contributed by atoms with Crippen LogP contribution in [0.25, 0.3) is 6.08 Å². The van der Waals surface area contributed by atoms with Crippen molar-refractivity contribution in [3.05, 3.63) is 23.8 Å². The predicted molar refractivity (Wildman–Crippen MR) is 67.1 cm³/mol. The summed E-state index contributed by atoms with van der Waals surface area (Å²) in [5, 5.41) is 0. The Morgan fingerprint density at radius 1 is 1.00 bits per heavy atom. The molecule has 0 heterocycles. The molecule has 5 heteroatoms. The monoisotopic (exact) mass is 252 g/mol. The zero-order chi connectivity index (χ0) is 13.5. The van der Waals surface area contributed by atoms with Gasteiger partial charge in [0.2, 0.25) is 5.75 Å². The summed E-state index contributed by atoms with van der Waals surface area (Å²) >= 11 is 0. The first-order chi connectivity index (χ1) is 8.67. The summed E-state index contributed by atoms with van der Waals surface area (Å²) in [4.78, 5) is 11.1. The maximum Gasteiger partial charge on any atom is 0.330 e.